The van der Waals surface area contributed by atoms with Gasteiger partial charge in [0.05, 0.1) is 0 Å². The summed E-state index contributed by atoms with van der Waals surface area (Å²) in [7, 11) is 0. The van der Waals surface area contributed by atoms with Crippen LogP contribution in [0, 0.1) is 17.8 Å². The highest BCUT2D eigenvalue weighted by atomic mass is 14.3. The minimum Gasteiger partial charge on any atom is -0.0654 e. The van der Waals surface area contributed by atoms with Crippen LogP contribution in [-0.4, -0.2) is 0 Å². The first-order valence-corrected chi connectivity index (χ1v) is 9.81. The molecule has 0 radical (unpaired) electrons. The van der Waals surface area contributed by atoms with Crippen LogP contribution in [0.2, 0.25) is 0 Å². The lowest BCUT2D eigenvalue weighted by Gasteiger charge is -2.34. The van der Waals surface area contributed by atoms with Gasteiger partial charge in [-0.1, -0.05) is 104 Å². The molecule has 0 bridgehead atoms. The monoisotopic (exact) mass is 280 g/mol. The molecule has 0 spiro atoms. The van der Waals surface area contributed by atoms with Crippen molar-refractivity contribution in [3.63, 3.8) is 0 Å². The minimum atomic E-state index is 1.02. The highest BCUT2D eigenvalue weighted by Gasteiger charge is 2.26. The maximum absolute atomic E-state index is 2.42. The van der Waals surface area contributed by atoms with Gasteiger partial charge in [-0.2, -0.15) is 0 Å². The van der Waals surface area contributed by atoms with Crippen LogP contribution in [0.4, 0.5) is 0 Å². The molecule has 20 heavy (non-hydrogen) atoms. The van der Waals surface area contributed by atoms with Gasteiger partial charge in [-0.15, -0.1) is 0 Å². The molecule has 0 heterocycles. The molecule has 3 atom stereocenters. The highest BCUT2D eigenvalue weighted by molar-refractivity contribution is 4.78. The summed E-state index contributed by atoms with van der Waals surface area (Å²) in [5.74, 6) is 3.18. The van der Waals surface area contributed by atoms with Gasteiger partial charge in [0, 0.05) is 0 Å². The van der Waals surface area contributed by atoms with Crippen molar-refractivity contribution in [1.82, 2.24) is 0 Å². The standard InChI is InChI=1S/C20H40/c1-4-7-9-10-14-19-15-11-12-16-20(19)17-18(6-3)13-8-5-2/h18-20H,4-17H2,1-3H3. The fourth-order valence-corrected chi connectivity index (χ4v) is 4.22. The van der Waals surface area contributed by atoms with Crippen LogP contribution >= 0.6 is 0 Å². The largest absolute Gasteiger partial charge is 0.0654 e. The van der Waals surface area contributed by atoms with Crippen LogP contribution in [0.15, 0.2) is 0 Å². The molecule has 1 saturated carbocycles. The summed E-state index contributed by atoms with van der Waals surface area (Å²) >= 11 is 0. The number of hydrogen-bond acceptors (Lipinski definition) is 0. The summed E-state index contributed by atoms with van der Waals surface area (Å²) in [4.78, 5) is 0. The molecule has 0 aromatic carbocycles. The second-order valence-electron chi connectivity index (χ2n) is 7.31. The van der Waals surface area contributed by atoms with Crippen LogP contribution < -0.4 is 0 Å². The van der Waals surface area contributed by atoms with Crippen molar-refractivity contribution in [2.45, 2.75) is 111 Å². The second kappa shape index (κ2) is 11.6. The smallest absolute Gasteiger partial charge is 0.0383 e. The maximum atomic E-state index is 2.42. The molecule has 0 N–H and O–H groups in total. The lowest BCUT2D eigenvalue weighted by atomic mass is 9.72. The first-order chi connectivity index (χ1) is 9.81. The van der Waals surface area contributed by atoms with Crippen molar-refractivity contribution < 1.29 is 0 Å². The van der Waals surface area contributed by atoms with Gasteiger partial charge in [0.1, 0.15) is 0 Å². The van der Waals surface area contributed by atoms with Gasteiger partial charge >= 0.3 is 0 Å². The maximum Gasteiger partial charge on any atom is -0.0383 e. The quantitative estimate of drug-likeness (QED) is 0.346. The van der Waals surface area contributed by atoms with Crippen LogP contribution in [0.1, 0.15) is 111 Å². The van der Waals surface area contributed by atoms with Gasteiger partial charge in [-0.3, -0.25) is 0 Å². The summed E-state index contributed by atoms with van der Waals surface area (Å²) in [6.07, 6.45) is 20.7. The molecule has 0 aliphatic heterocycles. The fraction of sp³-hybridized carbons (Fsp3) is 1.00. The predicted octanol–water partition coefficient (Wildman–Crippen LogP) is 7.37. The molecule has 1 rings (SSSR count). The second-order valence-corrected chi connectivity index (χ2v) is 7.31. The van der Waals surface area contributed by atoms with E-state index in [0.29, 0.717) is 0 Å². The number of rotatable bonds is 11. The Balaban J connectivity index is 2.33. The Labute approximate surface area is 129 Å². The summed E-state index contributed by atoms with van der Waals surface area (Å²) in [6.45, 7) is 7.08. The van der Waals surface area contributed by atoms with Crippen LogP contribution in [0.25, 0.3) is 0 Å². The van der Waals surface area contributed by atoms with Gasteiger partial charge in [-0.25, -0.2) is 0 Å². The van der Waals surface area contributed by atoms with E-state index in [1.165, 1.54) is 70.6 Å². The number of hydrogen-bond donors (Lipinski definition) is 0. The topological polar surface area (TPSA) is 0 Å². The predicted molar refractivity (Wildman–Crippen MR) is 92.1 cm³/mol. The van der Waals surface area contributed by atoms with Crippen molar-refractivity contribution >= 4 is 0 Å². The van der Waals surface area contributed by atoms with Gasteiger partial charge in [0.15, 0.2) is 0 Å². The van der Waals surface area contributed by atoms with E-state index in [9.17, 15) is 0 Å². The lowest BCUT2D eigenvalue weighted by Crippen LogP contribution is -2.22. The van der Waals surface area contributed by atoms with Crippen molar-refractivity contribution in [2.24, 2.45) is 17.8 Å². The van der Waals surface area contributed by atoms with Gasteiger partial charge < -0.3 is 0 Å². The highest BCUT2D eigenvalue weighted by Crippen LogP contribution is 2.38. The van der Waals surface area contributed by atoms with Crippen molar-refractivity contribution in [3.8, 4) is 0 Å². The summed E-state index contributed by atoms with van der Waals surface area (Å²) in [6, 6.07) is 0. The molecular weight excluding hydrogens is 240 g/mol. The zero-order valence-electron chi connectivity index (χ0n) is 14.6. The molecule has 0 nitrogen and oxygen atoms in total. The average Bonchev–Trinajstić information content (AvgIpc) is 2.49. The molecular formula is C20H40. The Kier molecular flexibility index (Phi) is 10.5. The first-order valence-electron chi connectivity index (χ1n) is 9.81. The van der Waals surface area contributed by atoms with E-state index in [1.54, 1.807) is 19.3 Å². The van der Waals surface area contributed by atoms with Crippen LogP contribution in [0.5, 0.6) is 0 Å². The molecule has 3 unspecified atom stereocenters. The van der Waals surface area contributed by atoms with Crippen LogP contribution in [-0.2, 0) is 0 Å². The van der Waals surface area contributed by atoms with E-state index < -0.39 is 0 Å². The van der Waals surface area contributed by atoms with E-state index in [1.807, 2.05) is 0 Å². The van der Waals surface area contributed by atoms with E-state index in [2.05, 4.69) is 20.8 Å². The Morgan fingerprint density at radius 3 is 2.15 bits per heavy atom. The van der Waals surface area contributed by atoms with Crippen molar-refractivity contribution in [1.29, 1.82) is 0 Å². The average molecular weight is 281 g/mol. The van der Waals surface area contributed by atoms with E-state index in [-0.39, 0.29) is 0 Å². The molecule has 120 valence electrons. The molecule has 0 aromatic rings. The normalized spacial score (nSPS) is 24.8. The minimum absolute atomic E-state index is 1.02. The summed E-state index contributed by atoms with van der Waals surface area (Å²) in [5, 5.41) is 0. The molecule has 0 saturated heterocycles. The summed E-state index contributed by atoms with van der Waals surface area (Å²) in [5.41, 5.74) is 0. The number of unbranched alkanes of at least 4 members (excludes halogenated alkanes) is 4. The Morgan fingerprint density at radius 2 is 1.50 bits per heavy atom. The van der Waals surface area contributed by atoms with Gasteiger partial charge in [-0.05, 0) is 24.2 Å². The lowest BCUT2D eigenvalue weighted by molar-refractivity contribution is 0.175. The van der Waals surface area contributed by atoms with Crippen molar-refractivity contribution in [2.75, 3.05) is 0 Å². The SMILES string of the molecule is CCCCCCC1CCCCC1CC(CC)CCCC. The fourth-order valence-electron chi connectivity index (χ4n) is 4.22. The zero-order chi connectivity index (χ0) is 14.6. The Bertz CT molecular complexity index is 208. The third-order valence-corrected chi connectivity index (χ3v) is 5.67. The zero-order valence-corrected chi connectivity index (χ0v) is 14.6. The molecule has 0 amide bonds. The van der Waals surface area contributed by atoms with Crippen molar-refractivity contribution in [3.05, 3.63) is 0 Å². The van der Waals surface area contributed by atoms with Gasteiger partial charge in [0.25, 0.3) is 0 Å². The van der Waals surface area contributed by atoms with E-state index in [0.717, 1.165) is 17.8 Å². The van der Waals surface area contributed by atoms with E-state index >= 15 is 0 Å². The van der Waals surface area contributed by atoms with Crippen LogP contribution in [0.3, 0.4) is 0 Å². The first kappa shape index (κ1) is 18.1. The third kappa shape index (κ3) is 7.14. The van der Waals surface area contributed by atoms with Gasteiger partial charge in [0.2, 0.25) is 0 Å². The molecule has 0 heteroatoms. The Morgan fingerprint density at radius 1 is 0.800 bits per heavy atom. The molecule has 0 aromatic heterocycles. The summed E-state index contributed by atoms with van der Waals surface area (Å²) < 4.78 is 0. The molecule has 1 fully saturated rings. The van der Waals surface area contributed by atoms with E-state index in [4.69, 9.17) is 0 Å². The molecule has 1 aliphatic rings. The Hall–Kier alpha value is 0. The molecule has 1 aliphatic carbocycles. The third-order valence-electron chi connectivity index (χ3n) is 5.67.